The zero-order valence-electron chi connectivity index (χ0n) is 14.5. The summed E-state index contributed by atoms with van der Waals surface area (Å²) in [6.07, 6.45) is 4.29. The standard InChI is InChI=1S/C17H19N3O6/c1-24-13-5-3-4-6-14(13)26-16(10-18-21)17(20-23)11-7-8-12(19-22)15(9-11)25-2/h5-9,16-17H,3-4,10H2,1-2H3. The second-order valence-corrected chi connectivity index (χ2v) is 5.46. The van der Waals surface area contributed by atoms with Crippen LogP contribution in [0.5, 0.6) is 5.75 Å². The summed E-state index contributed by atoms with van der Waals surface area (Å²) in [5.74, 6) is 1.15. The normalized spacial score (nSPS) is 15.8. The molecule has 1 aliphatic rings. The van der Waals surface area contributed by atoms with Crippen LogP contribution >= 0.6 is 0 Å². The van der Waals surface area contributed by atoms with E-state index in [-0.39, 0.29) is 18.0 Å². The summed E-state index contributed by atoms with van der Waals surface area (Å²) in [4.78, 5) is 33.1. The van der Waals surface area contributed by atoms with Crippen molar-refractivity contribution >= 4 is 5.69 Å². The largest absolute Gasteiger partial charge is 0.494 e. The number of ether oxygens (including phenoxy) is 3. The van der Waals surface area contributed by atoms with Crippen molar-refractivity contribution in [2.24, 2.45) is 15.5 Å². The lowest BCUT2D eigenvalue weighted by atomic mass is 10.0. The molecule has 0 spiro atoms. The lowest BCUT2D eigenvalue weighted by molar-refractivity contribution is 0.0853. The molecule has 0 bridgehead atoms. The van der Waals surface area contributed by atoms with Gasteiger partial charge in [-0.1, -0.05) is 16.4 Å². The molecule has 1 aromatic carbocycles. The minimum Gasteiger partial charge on any atom is -0.494 e. The van der Waals surface area contributed by atoms with Crippen molar-refractivity contribution in [2.75, 3.05) is 20.8 Å². The van der Waals surface area contributed by atoms with Crippen LogP contribution in [0, 0.1) is 14.7 Å². The van der Waals surface area contributed by atoms with E-state index in [4.69, 9.17) is 14.2 Å². The fraction of sp³-hybridized carbons (Fsp3) is 0.412. The number of hydrogen-bond acceptors (Lipinski definition) is 9. The Bertz CT molecular complexity index is 731. The number of rotatable bonds is 10. The van der Waals surface area contributed by atoms with E-state index in [2.05, 4.69) is 15.5 Å². The van der Waals surface area contributed by atoms with Crippen molar-refractivity contribution < 1.29 is 14.2 Å². The first-order chi connectivity index (χ1) is 12.7. The number of nitroso groups, excluding NO2 is 3. The van der Waals surface area contributed by atoms with Crippen molar-refractivity contribution in [3.05, 3.63) is 62.2 Å². The second kappa shape index (κ2) is 9.40. The summed E-state index contributed by atoms with van der Waals surface area (Å²) in [5.41, 5.74) is 0.503. The third-order valence-corrected chi connectivity index (χ3v) is 3.93. The topological polar surface area (TPSA) is 116 Å². The molecular formula is C17H19N3O6. The Morgan fingerprint density at radius 1 is 1.04 bits per heavy atom. The highest BCUT2D eigenvalue weighted by molar-refractivity contribution is 5.53. The molecule has 9 nitrogen and oxygen atoms in total. The molecule has 0 radical (unpaired) electrons. The van der Waals surface area contributed by atoms with Gasteiger partial charge in [0.05, 0.1) is 14.2 Å². The summed E-state index contributed by atoms with van der Waals surface area (Å²) < 4.78 is 16.2. The van der Waals surface area contributed by atoms with Gasteiger partial charge in [0, 0.05) is 0 Å². The first-order valence-corrected chi connectivity index (χ1v) is 7.92. The summed E-state index contributed by atoms with van der Waals surface area (Å²) in [6.45, 7) is -0.291. The summed E-state index contributed by atoms with van der Waals surface area (Å²) in [7, 11) is 2.88. The summed E-state index contributed by atoms with van der Waals surface area (Å²) >= 11 is 0. The highest BCUT2D eigenvalue weighted by Crippen LogP contribution is 2.35. The Balaban J connectivity index is 2.32. The molecule has 2 unspecified atom stereocenters. The molecule has 0 aromatic heterocycles. The van der Waals surface area contributed by atoms with E-state index in [1.807, 2.05) is 12.2 Å². The Morgan fingerprint density at radius 3 is 2.35 bits per heavy atom. The fourth-order valence-electron chi connectivity index (χ4n) is 2.66. The predicted octanol–water partition coefficient (Wildman–Crippen LogP) is 4.26. The van der Waals surface area contributed by atoms with Gasteiger partial charge in [0.15, 0.2) is 23.7 Å². The van der Waals surface area contributed by atoms with Gasteiger partial charge in [-0.3, -0.25) is 0 Å². The molecule has 138 valence electrons. The number of methoxy groups -OCH3 is 2. The Kier molecular flexibility index (Phi) is 6.95. The maximum Gasteiger partial charge on any atom is 0.157 e. The molecule has 1 aliphatic carbocycles. The Morgan fingerprint density at radius 2 is 1.77 bits per heavy atom. The van der Waals surface area contributed by atoms with E-state index < -0.39 is 12.1 Å². The number of nitrogens with zero attached hydrogens (tertiary/aromatic N) is 3. The molecule has 26 heavy (non-hydrogen) atoms. The van der Waals surface area contributed by atoms with Gasteiger partial charge in [0.25, 0.3) is 0 Å². The lowest BCUT2D eigenvalue weighted by Gasteiger charge is -2.25. The molecular weight excluding hydrogens is 342 g/mol. The van der Waals surface area contributed by atoms with Crippen molar-refractivity contribution in [3.8, 4) is 5.75 Å². The number of hydrogen-bond donors (Lipinski definition) is 0. The SMILES string of the molecule is COC1=CCCC=C1OC(CN=O)C(N=O)c1ccc(N=O)c(OC)c1. The third-order valence-electron chi connectivity index (χ3n) is 3.93. The van der Waals surface area contributed by atoms with E-state index in [0.717, 1.165) is 12.8 Å². The van der Waals surface area contributed by atoms with Crippen LogP contribution in [-0.4, -0.2) is 26.9 Å². The van der Waals surface area contributed by atoms with Gasteiger partial charge in [0.2, 0.25) is 0 Å². The van der Waals surface area contributed by atoms with Crippen LogP contribution in [0.2, 0.25) is 0 Å². The van der Waals surface area contributed by atoms with E-state index in [1.54, 1.807) is 0 Å². The molecule has 2 rings (SSSR count). The first kappa shape index (κ1) is 19.2. The second-order valence-electron chi connectivity index (χ2n) is 5.46. The van der Waals surface area contributed by atoms with Gasteiger partial charge in [-0.25, -0.2) is 0 Å². The van der Waals surface area contributed by atoms with Crippen LogP contribution in [-0.2, 0) is 9.47 Å². The maximum atomic E-state index is 11.5. The van der Waals surface area contributed by atoms with Gasteiger partial charge in [-0.05, 0) is 47.9 Å². The minimum atomic E-state index is -1.04. The van der Waals surface area contributed by atoms with E-state index in [1.165, 1.54) is 32.4 Å². The zero-order valence-corrected chi connectivity index (χ0v) is 14.5. The number of benzene rings is 1. The van der Waals surface area contributed by atoms with Crippen LogP contribution in [0.15, 0.2) is 57.4 Å². The lowest BCUT2D eigenvalue weighted by Crippen LogP contribution is -2.25. The maximum absolute atomic E-state index is 11.5. The van der Waals surface area contributed by atoms with Crippen LogP contribution < -0.4 is 4.74 Å². The summed E-state index contributed by atoms with van der Waals surface area (Å²) in [5, 5.41) is 8.81. The van der Waals surface area contributed by atoms with E-state index in [0.29, 0.717) is 17.1 Å². The molecule has 0 fully saturated rings. The van der Waals surface area contributed by atoms with E-state index in [9.17, 15) is 14.7 Å². The molecule has 0 saturated carbocycles. The molecule has 1 aromatic rings. The molecule has 0 aliphatic heterocycles. The van der Waals surface area contributed by atoms with Crippen LogP contribution in [0.4, 0.5) is 5.69 Å². The van der Waals surface area contributed by atoms with Crippen molar-refractivity contribution in [1.82, 2.24) is 0 Å². The molecule has 0 saturated heterocycles. The summed E-state index contributed by atoms with van der Waals surface area (Å²) in [6, 6.07) is 3.34. The smallest absolute Gasteiger partial charge is 0.157 e. The van der Waals surface area contributed by atoms with E-state index >= 15 is 0 Å². The zero-order chi connectivity index (χ0) is 18.9. The monoisotopic (exact) mass is 361 g/mol. The van der Waals surface area contributed by atoms with Crippen LogP contribution in [0.3, 0.4) is 0 Å². The fourth-order valence-corrected chi connectivity index (χ4v) is 2.66. The van der Waals surface area contributed by atoms with Gasteiger partial charge in [-0.15, -0.1) is 4.91 Å². The molecule has 2 atom stereocenters. The average molecular weight is 361 g/mol. The Hall–Kier alpha value is -3.10. The van der Waals surface area contributed by atoms with Gasteiger partial charge < -0.3 is 14.2 Å². The molecule has 9 heteroatoms. The van der Waals surface area contributed by atoms with Crippen LogP contribution in [0.1, 0.15) is 24.4 Å². The first-order valence-electron chi connectivity index (χ1n) is 7.92. The van der Waals surface area contributed by atoms with Gasteiger partial charge >= 0.3 is 0 Å². The molecule has 0 N–H and O–H groups in total. The quantitative estimate of drug-likeness (QED) is 0.575. The minimum absolute atomic E-state index is 0.0893. The molecule has 0 amide bonds. The average Bonchev–Trinajstić information content (AvgIpc) is 2.68. The predicted molar refractivity (Wildman–Crippen MR) is 94.9 cm³/mol. The van der Waals surface area contributed by atoms with Crippen molar-refractivity contribution in [1.29, 1.82) is 0 Å². The number of allylic oxidation sites excluding steroid dienone is 2. The Labute approximate surface area is 149 Å². The molecule has 0 heterocycles. The van der Waals surface area contributed by atoms with Crippen molar-refractivity contribution in [3.63, 3.8) is 0 Å². The van der Waals surface area contributed by atoms with Crippen LogP contribution in [0.25, 0.3) is 0 Å². The van der Waals surface area contributed by atoms with Gasteiger partial charge in [0.1, 0.15) is 18.0 Å². The third kappa shape index (κ3) is 4.29. The van der Waals surface area contributed by atoms with Crippen molar-refractivity contribution in [2.45, 2.75) is 25.0 Å². The van der Waals surface area contributed by atoms with Gasteiger partial charge in [-0.2, -0.15) is 9.81 Å². The highest BCUT2D eigenvalue weighted by Gasteiger charge is 2.29. The highest BCUT2D eigenvalue weighted by atomic mass is 16.5.